The molecule has 0 aromatic carbocycles. The molecule has 0 saturated heterocycles. The van der Waals surface area contributed by atoms with Crippen LogP contribution < -0.4 is 5.32 Å². The van der Waals surface area contributed by atoms with Gasteiger partial charge in [-0.3, -0.25) is 0 Å². The SMILES string of the molecule is C[C@@H](NC1CC1)c1ccco1. The van der Waals surface area contributed by atoms with Crippen molar-refractivity contribution in [3.8, 4) is 0 Å². The molecule has 1 aromatic rings. The highest BCUT2D eigenvalue weighted by atomic mass is 16.3. The van der Waals surface area contributed by atoms with E-state index in [1.165, 1.54) is 12.8 Å². The highest BCUT2D eigenvalue weighted by Crippen LogP contribution is 2.23. The Morgan fingerprint density at radius 1 is 1.64 bits per heavy atom. The zero-order valence-electron chi connectivity index (χ0n) is 6.71. The molecule has 1 saturated carbocycles. The Bertz CT molecular complexity index is 213. The first kappa shape index (κ1) is 6.92. The van der Waals surface area contributed by atoms with E-state index in [0.717, 1.165) is 11.8 Å². The summed E-state index contributed by atoms with van der Waals surface area (Å²) in [7, 11) is 0. The van der Waals surface area contributed by atoms with Gasteiger partial charge in [0.25, 0.3) is 0 Å². The van der Waals surface area contributed by atoms with E-state index in [-0.39, 0.29) is 0 Å². The van der Waals surface area contributed by atoms with E-state index in [9.17, 15) is 0 Å². The maximum Gasteiger partial charge on any atom is 0.120 e. The van der Waals surface area contributed by atoms with Gasteiger partial charge >= 0.3 is 0 Å². The quantitative estimate of drug-likeness (QED) is 0.715. The number of nitrogens with one attached hydrogen (secondary N) is 1. The van der Waals surface area contributed by atoms with Crippen LogP contribution in [0.25, 0.3) is 0 Å². The summed E-state index contributed by atoms with van der Waals surface area (Å²) in [6, 6.07) is 5.06. The largest absolute Gasteiger partial charge is 0.468 e. The summed E-state index contributed by atoms with van der Waals surface area (Å²) in [5, 5.41) is 3.46. The topological polar surface area (TPSA) is 25.2 Å². The lowest BCUT2D eigenvalue weighted by atomic mass is 10.2. The van der Waals surface area contributed by atoms with Gasteiger partial charge in [0.15, 0.2) is 0 Å². The van der Waals surface area contributed by atoms with E-state index >= 15 is 0 Å². The Morgan fingerprint density at radius 3 is 3.00 bits per heavy atom. The molecular weight excluding hydrogens is 138 g/mol. The summed E-state index contributed by atoms with van der Waals surface area (Å²) in [6.45, 7) is 2.14. The Hall–Kier alpha value is -0.760. The van der Waals surface area contributed by atoms with Crippen LogP contribution in [0.4, 0.5) is 0 Å². The Balaban J connectivity index is 1.93. The number of furan rings is 1. The molecule has 1 N–H and O–H groups in total. The van der Waals surface area contributed by atoms with Crippen molar-refractivity contribution in [2.75, 3.05) is 0 Å². The van der Waals surface area contributed by atoms with Gasteiger partial charge in [0.05, 0.1) is 12.3 Å². The van der Waals surface area contributed by atoms with E-state index in [1.807, 2.05) is 12.1 Å². The van der Waals surface area contributed by atoms with E-state index < -0.39 is 0 Å². The third-order valence-electron chi connectivity index (χ3n) is 2.03. The predicted molar refractivity (Wildman–Crippen MR) is 43.3 cm³/mol. The fourth-order valence-electron chi connectivity index (χ4n) is 1.22. The monoisotopic (exact) mass is 151 g/mol. The molecule has 0 amide bonds. The molecule has 0 unspecified atom stereocenters. The zero-order chi connectivity index (χ0) is 7.68. The molecule has 1 heterocycles. The first-order chi connectivity index (χ1) is 5.36. The van der Waals surface area contributed by atoms with Crippen molar-refractivity contribution in [2.24, 2.45) is 0 Å². The second-order valence-electron chi connectivity index (χ2n) is 3.18. The van der Waals surface area contributed by atoms with Crippen molar-refractivity contribution in [1.29, 1.82) is 0 Å². The van der Waals surface area contributed by atoms with Crippen molar-refractivity contribution in [2.45, 2.75) is 31.8 Å². The lowest BCUT2D eigenvalue weighted by molar-refractivity contribution is 0.429. The molecule has 1 fully saturated rings. The maximum absolute atomic E-state index is 5.26. The predicted octanol–water partition coefficient (Wildman–Crippen LogP) is 2.09. The van der Waals surface area contributed by atoms with Crippen LogP contribution in [0.1, 0.15) is 31.6 Å². The molecule has 60 valence electrons. The van der Waals surface area contributed by atoms with Gasteiger partial charge in [-0.1, -0.05) is 0 Å². The molecule has 0 bridgehead atoms. The van der Waals surface area contributed by atoms with Gasteiger partial charge in [0, 0.05) is 6.04 Å². The Labute approximate surface area is 66.6 Å². The Morgan fingerprint density at radius 2 is 2.45 bits per heavy atom. The summed E-state index contributed by atoms with van der Waals surface area (Å²) in [5.41, 5.74) is 0. The average molecular weight is 151 g/mol. The van der Waals surface area contributed by atoms with Gasteiger partial charge in [-0.15, -0.1) is 0 Å². The van der Waals surface area contributed by atoms with Gasteiger partial charge in [-0.2, -0.15) is 0 Å². The van der Waals surface area contributed by atoms with Crippen LogP contribution in [0, 0.1) is 0 Å². The molecule has 1 aliphatic carbocycles. The molecule has 0 radical (unpaired) electrons. The molecule has 0 aliphatic heterocycles. The number of hydrogen-bond donors (Lipinski definition) is 1. The van der Waals surface area contributed by atoms with Gasteiger partial charge in [0.1, 0.15) is 5.76 Å². The maximum atomic E-state index is 5.26. The fraction of sp³-hybridized carbons (Fsp3) is 0.556. The van der Waals surface area contributed by atoms with Crippen molar-refractivity contribution >= 4 is 0 Å². The first-order valence-electron chi connectivity index (χ1n) is 4.16. The smallest absolute Gasteiger partial charge is 0.120 e. The van der Waals surface area contributed by atoms with Crippen LogP contribution in [-0.4, -0.2) is 6.04 Å². The van der Waals surface area contributed by atoms with Crippen molar-refractivity contribution in [1.82, 2.24) is 5.32 Å². The molecule has 1 atom stereocenters. The number of hydrogen-bond acceptors (Lipinski definition) is 2. The minimum Gasteiger partial charge on any atom is -0.468 e. The van der Waals surface area contributed by atoms with Crippen LogP contribution in [-0.2, 0) is 0 Å². The van der Waals surface area contributed by atoms with E-state index in [4.69, 9.17) is 4.42 Å². The van der Waals surface area contributed by atoms with Crippen molar-refractivity contribution in [3.63, 3.8) is 0 Å². The molecule has 2 heteroatoms. The highest BCUT2D eigenvalue weighted by molar-refractivity contribution is 5.04. The van der Waals surface area contributed by atoms with Gasteiger partial charge in [-0.05, 0) is 31.9 Å². The van der Waals surface area contributed by atoms with Gasteiger partial charge in [0.2, 0.25) is 0 Å². The second kappa shape index (κ2) is 2.70. The van der Waals surface area contributed by atoms with E-state index in [1.54, 1.807) is 6.26 Å². The summed E-state index contributed by atoms with van der Waals surface area (Å²) in [4.78, 5) is 0. The lowest BCUT2D eigenvalue weighted by Crippen LogP contribution is -2.19. The summed E-state index contributed by atoms with van der Waals surface area (Å²) in [6.07, 6.45) is 4.37. The van der Waals surface area contributed by atoms with Crippen LogP contribution in [0.3, 0.4) is 0 Å². The lowest BCUT2D eigenvalue weighted by Gasteiger charge is -2.08. The average Bonchev–Trinajstić information content (AvgIpc) is 2.67. The highest BCUT2D eigenvalue weighted by Gasteiger charge is 2.23. The van der Waals surface area contributed by atoms with Crippen LogP contribution in [0.5, 0.6) is 0 Å². The first-order valence-corrected chi connectivity index (χ1v) is 4.16. The Kier molecular flexibility index (Phi) is 1.70. The van der Waals surface area contributed by atoms with Gasteiger partial charge in [-0.25, -0.2) is 0 Å². The molecule has 0 spiro atoms. The van der Waals surface area contributed by atoms with Gasteiger partial charge < -0.3 is 9.73 Å². The van der Waals surface area contributed by atoms with E-state index in [2.05, 4.69) is 12.2 Å². The molecule has 11 heavy (non-hydrogen) atoms. The molecule has 1 aromatic heterocycles. The molecule has 2 rings (SSSR count). The summed E-state index contributed by atoms with van der Waals surface area (Å²) in [5.74, 6) is 1.04. The molecule has 2 nitrogen and oxygen atoms in total. The number of rotatable bonds is 3. The van der Waals surface area contributed by atoms with Crippen LogP contribution in [0.15, 0.2) is 22.8 Å². The third kappa shape index (κ3) is 1.63. The normalized spacial score (nSPS) is 20.1. The van der Waals surface area contributed by atoms with Crippen molar-refractivity contribution in [3.05, 3.63) is 24.2 Å². The van der Waals surface area contributed by atoms with Crippen molar-refractivity contribution < 1.29 is 4.42 Å². The standard InChI is InChI=1S/C9H13NO/c1-7(10-8-4-5-8)9-3-2-6-11-9/h2-3,6-8,10H,4-5H2,1H3/t7-/m1/s1. The van der Waals surface area contributed by atoms with Crippen LogP contribution >= 0.6 is 0 Å². The van der Waals surface area contributed by atoms with E-state index in [0.29, 0.717) is 6.04 Å². The zero-order valence-corrected chi connectivity index (χ0v) is 6.71. The fourth-order valence-corrected chi connectivity index (χ4v) is 1.22. The summed E-state index contributed by atoms with van der Waals surface area (Å²) < 4.78 is 5.26. The summed E-state index contributed by atoms with van der Waals surface area (Å²) >= 11 is 0. The molecular formula is C9H13NO. The molecule has 1 aliphatic rings. The minimum atomic E-state index is 0.373. The second-order valence-corrected chi connectivity index (χ2v) is 3.18. The minimum absolute atomic E-state index is 0.373. The third-order valence-corrected chi connectivity index (χ3v) is 2.03. The van der Waals surface area contributed by atoms with Crippen LogP contribution in [0.2, 0.25) is 0 Å².